The Bertz CT molecular complexity index is 352. The first-order valence-corrected chi connectivity index (χ1v) is 6.46. The maximum Gasteiger partial charge on any atom is 0.332 e. The summed E-state index contributed by atoms with van der Waals surface area (Å²) in [5.41, 5.74) is -0.932. The summed E-state index contributed by atoms with van der Waals surface area (Å²) in [6.07, 6.45) is 0.0645. The molecule has 7 nitrogen and oxygen atoms in total. The smallest absolute Gasteiger partial charge is 0.332 e. The number of aliphatic hydroxyl groups is 1. The van der Waals surface area contributed by atoms with Gasteiger partial charge in [0.1, 0.15) is 6.10 Å². The van der Waals surface area contributed by atoms with E-state index in [1.807, 2.05) is 0 Å². The van der Waals surface area contributed by atoms with Gasteiger partial charge >= 0.3 is 5.97 Å². The van der Waals surface area contributed by atoms with E-state index in [1.54, 1.807) is 0 Å². The monoisotopic (exact) mass is 273 g/mol. The number of carboxylic acids is 1. The van der Waals surface area contributed by atoms with Gasteiger partial charge in [-0.05, 0) is 12.8 Å². The Morgan fingerprint density at radius 1 is 1.21 bits per heavy atom. The fraction of sp³-hybridized carbons (Fsp3) is 0.833. The normalized spacial score (nSPS) is 29.9. The third-order valence-corrected chi connectivity index (χ3v) is 3.60. The summed E-state index contributed by atoms with van der Waals surface area (Å²) in [6, 6.07) is 0. The number of carbonyl (C=O) groups excluding carboxylic acids is 1. The zero-order chi connectivity index (χ0) is 13.9. The molecule has 2 aliphatic rings. The Kier molecular flexibility index (Phi) is 4.38. The summed E-state index contributed by atoms with van der Waals surface area (Å²) in [6.45, 7) is 1.10. The lowest BCUT2D eigenvalue weighted by Crippen LogP contribution is -2.48. The highest BCUT2D eigenvalue weighted by molar-refractivity contribution is 5.82. The summed E-state index contributed by atoms with van der Waals surface area (Å²) in [5, 5.41) is 21.6. The number of aliphatic carboxylic acids is 1. The Hall–Kier alpha value is -1.18. The van der Waals surface area contributed by atoms with Crippen molar-refractivity contribution in [1.82, 2.24) is 5.32 Å². The highest BCUT2D eigenvalue weighted by atomic mass is 16.5. The van der Waals surface area contributed by atoms with Gasteiger partial charge in [-0.25, -0.2) is 4.79 Å². The third-order valence-electron chi connectivity index (χ3n) is 3.60. The lowest BCUT2D eigenvalue weighted by atomic mass is 9.94. The Morgan fingerprint density at radius 2 is 1.84 bits per heavy atom. The average Bonchev–Trinajstić information content (AvgIpc) is 2.87. The molecule has 0 spiro atoms. The van der Waals surface area contributed by atoms with Crippen LogP contribution < -0.4 is 5.32 Å². The molecule has 0 radical (unpaired) electrons. The van der Waals surface area contributed by atoms with Gasteiger partial charge < -0.3 is 25.0 Å². The van der Waals surface area contributed by atoms with E-state index >= 15 is 0 Å². The van der Waals surface area contributed by atoms with Gasteiger partial charge in [0.25, 0.3) is 0 Å². The molecule has 3 N–H and O–H groups in total. The summed E-state index contributed by atoms with van der Waals surface area (Å²) >= 11 is 0. The molecule has 0 aromatic carbocycles. The zero-order valence-electron chi connectivity index (χ0n) is 10.6. The summed E-state index contributed by atoms with van der Waals surface area (Å²) in [4.78, 5) is 22.5. The van der Waals surface area contributed by atoms with Gasteiger partial charge in [0, 0.05) is 32.6 Å². The lowest BCUT2D eigenvalue weighted by molar-refractivity contribution is -0.152. The van der Waals surface area contributed by atoms with Gasteiger partial charge in [0.15, 0.2) is 6.10 Å². The molecule has 0 aliphatic carbocycles. The Labute approximate surface area is 110 Å². The summed E-state index contributed by atoms with van der Waals surface area (Å²) in [7, 11) is 0. The SMILES string of the molecule is O=C(NCC1(O)CCOCC1)[C@@H]1CC[C@H](C(=O)O)O1. The average molecular weight is 273 g/mol. The fourth-order valence-electron chi connectivity index (χ4n) is 2.31. The molecule has 2 rings (SSSR count). The van der Waals surface area contributed by atoms with Crippen LogP contribution in [0.25, 0.3) is 0 Å². The van der Waals surface area contributed by atoms with E-state index in [4.69, 9.17) is 14.6 Å². The first kappa shape index (κ1) is 14.2. The zero-order valence-corrected chi connectivity index (χ0v) is 10.6. The number of carboxylic acid groups (broad SMARTS) is 1. The fourth-order valence-corrected chi connectivity index (χ4v) is 2.31. The number of hydrogen-bond acceptors (Lipinski definition) is 5. The molecule has 2 fully saturated rings. The summed E-state index contributed by atoms with van der Waals surface area (Å²) in [5.74, 6) is -1.40. The third kappa shape index (κ3) is 3.65. The molecule has 0 aromatic rings. The van der Waals surface area contributed by atoms with Gasteiger partial charge in [0.2, 0.25) is 5.91 Å². The van der Waals surface area contributed by atoms with E-state index < -0.39 is 23.8 Å². The van der Waals surface area contributed by atoms with Crippen molar-refractivity contribution in [2.75, 3.05) is 19.8 Å². The minimum atomic E-state index is -1.04. The molecular weight excluding hydrogens is 254 g/mol. The van der Waals surface area contributed by atoms with Crippen LogP contribution in [0.5, 0.6) is 0 Å². The molecule has 19 heavy (non-hydrogen) atoms. The highest BCUT2D eigenvalue weighted by Gasteiger charge is 2.36. The van der Waals surface area contributed by atoms with Crippen molar-refractivity contribution >= 4 is 11.9 Å². The molecule has 2 aliphatic heterocycles. The largest absolute Gasteiger partial charge is 0.479 e. The van der Waals surface area contributed by atoms with E-state index in [2.05, 4.69) is 5.32 Å². The van der Waals surface area contributed by atoms with Gasteiger partial charge in [-0.2, -0.15) is 0 Å². The molecule has 108 valence electrons. The van der Waals surface area contributed by atoms with Crippen LogP contribution in [0.2, 0.25) is 0 Å². The van der Waals surface area contributed by atoms with Gasteiger partial charge in [-0.15, -0.1) is 0 Å². The molecule has 7 heteroatoms. The van der Waals surface area contributed by atoms with Gasteiger partial charge in [-0.3, -0.25) is 4.79 Å². The predicted octanol–water partition coefficient (Wildman–Crippen LogP) is -0.724. The predicted molar refractivity (Wildman–Crippen MR) is 63.5 cm³/mol. The van der Waals surface area contributed by atoms with E-state index in [0.29, 0.717) is 38.9 Å². The van der Waals surface area contributed by atoms with E-state index in [-0.39, 0.29) is 12.5 Å². The van der Waals surface area contributed by atoms with Crippen molar-refractivity contribution in [3.63, 3.8) is 0 Å². The van der Waals surface area contributed by atoms with Crippen molar-refractivity contribution < 1.29 is 29.3 Å². The molecule has 0 aromatic heterocycles. The van der Waals surface area contributed by atoms with E-state index in [9.17, 15) is 14.7 Å². The number of ether oxygens (including phenoxy) is 2. The van der Waals surface area contributed by atoms with Crippen LogP contribution >= 0.6 is 0 Å². The number of hydrogen-bond donors (Lipinski definition) is 3. The second kappa shape index (κ2) is 5.85. The topological polar surface area (TPSA) is 105 Å². The van der Waals surface area contributed by atoms with Crippen LogP contribution in [0.1, 0.15) is 25.7 Å². The van der Waals surface area contributed by atoms with Crippen LogP contribution in [-0.4, -0.2) is 59.7 Å². The first-order valence-electron chi connectivity index (χ1n) is 6.46. The van der Waals surface area contributed by atoms with Crippen LogP contribution in [-0.2, 0) is 19.1 Å². The maximum absolute atomic E-state index is 11.8. The molecule has 2 atom stereocenters. The van der Waals surface area contributed by atoms with Crippen molar-refractivity contribution in [3.8, 4) is 0 Å². The second-order valence-electron chi connectivity index (χ2n) is 5.08. The van der Waals surface area contributed by atoms with Crippen LogP contribution in [0, 0.1) is 0 Å². The van der Waals surface area contributed by atoms with Crippen LogP contribution in [0.15, 0.2) is 0 Å². The molecule has 2 heterocycles. The quantitative estimate of drug-likeness (QED) is 0.624. The molecular formula is C12H19NO6. The van der Waals surface area contributed by atoms with Crippen molar-refractivity contribution in [1.29, 1.82) is 0 Å². The molecule has 2 saturated heterocycles. The molecule has 1 amide bonds. The highest BCUT2D eigenvalue weighted by Crippen LogP contribution is 2.22. The number of rotatable bonds is 4. The van der Waals surface area contributed by atoms with E-state index in [1.165, 1.54) is 0 Å². The van der Waals surface area contributed by atoms with Crippen molar-refractivity contribution in [2.45, 2.75) is 43.5 Å². The van der Waals surface area contributed by atoms with Crippen molar-refractivity contribution in [3.05, 3.63) is 0 Å². The minimum Gasteiger partial charge on any atom is -0.479 e. The Balaban J connectivity index is 1.77. The minimum absolute atomic E-state index is 0.146. The number of nitrogens with one attached hydrogen (secondary N) is 1. The Morgan fingerprint density at radius 3 is 2.42 bits per heavy atom. The maximum atomic E-state index is 11.8. The second-order valence-corrected chi connectivity index (χ2v) is 5.08. The standard InChI is InChI=1S/C12H19NO6/c14-10(8-1-2-9(19-8)11(15)16)13-7-12(17)3-5-18-6-4-12/h8-9,17H,1-7H2,(H,13,14)(H,15,16)/t8-,9+/m0/s1. The number of amides is 1. The van der Waals surface area contributed by atoms with Crippen LogP contribution in [0.4, 0.5) is 0 Å². The first-order chi connectivity index (χ1) is 9.00. The van der Waals surface area contributed by atoms with Gasteiger partial charge in [0.05, 0.1) is 5.60 Å². The van der Waals surface area contributed by atoms with Crippen molar-refractivity contribution in [2.24, 2.45) is 0 Å². The van der Waals surface area contributed by atoms with Crippen LogP contribution in [0.3, 0.4) is 0 Å². The molecule has 0 bridgehead atoms. The number of carbonyl (C=O) groups is 2. The summed E-state index contributed by atoms with van der Waals surface area (Å²) < 4.78 is 10.3. The van der Waals surface area contributed by atoms with E-state index in [0.717, 1.165) is 0 Å². The molecule has 0 unspecified atom stereocenters. The molecule has 0 saturated carbocycles. The van der Waals surface area contributed by atoms with Gasteiger partial charge in [-0.1, -0.05) is 0 Å². The lowest BCUT2D eigenvalue weighted by Gasteiger charge is -2.32.